The molecule has 0 spiro atoms. The molecule has 1 atom stereocenters. The molecule has 24 heavy (non-hydrogen) atoms. The van der Waals surface area contributed by atoms with E-state index >= 15 is 0 Å². The van der Waals surface area contributed by atoms with Gasteiger partial charge in [-0.05, 0) is 18.4 Å². The zero-order valence-corrected chi connectivity index (χ0v) is 14.1. The number of nitrogens with zero attached hydrogens (tertiary/aromatic N) is 1. The molecule has 0 heterocycles. The molecule has 0 radical (unpaired) electrons. The molecule has 0 saturated carbocycles. The Balaban J connectivity index is 0.000000506. The first kappa shape index (κ1) is 21.5. The van der Waals surface area contributed by atoms with Gasteiger partial charge >= 0.3 is 5.97 Å². The number of hydrogen-bond donors (Lipinski definition) is 2. The molecular formula is C18H25NO5. The van der Waals surface area contributed by atoms with Crippen LogP contribution >= 0.6 is 0 Å². The van der Waals surface area contributed by atoms with E-state index in [1.54, 1.807) is 31.3 Å². The summed E-state index contributed by atoms with van der Waals surface area (Å²) >= 11 is 0. The smallest absolute Gasteiger partial charge is 0.303 e. The van der Waals surface area contributed by atoms with Crippen molar-refractivity contribution in [2.24, 2.45) is 0 Å². The van der Waals surface area contributed by atoms with Crippen LogP contribution in [0.5, 0.6) is 0 Å². The van der Waals surface area contributed by atoms with Gasteiger partial charge in [-0.2, -0.15) is 0 Å². The lowest BCUT2D eigenvalue weighted by atomic mass is 10.00. The average Bonchev–Trinajstić information content (AvgIpc) is 2.59. The zero-order valence-electron chi connectivity index (χ0n) is 14.1. The normalized spacial score (nSPS) is 10.8. The maximum absolute atomic E-state index is 10.6. The van der Waals surface area contributed by atoms with Crippen molar-refractivity contribution in [1.29, 1.82) is 0 Å². The average molecular weight is 335 g/mol. The molecule has 1 amide bonds. The fourth-order valence-electron chi connectivity index (χ4n) is 1.88. The number of benzene rings is 1. The van der Waals surface area contributed by atoms with E-state index in [1.807, 2.05) is 0 Å². The van der Waals surface area contributed by atoms with Gasteiger partial charge in [0.25, 0.3) is 0 Å². The van der Waals surface area contributed by atoms with Gasteiger partial charge in [0, 0.05) is 24.7 Å². The predicted octanol–water partition coefficient (Wildman–Crippen LogP) is 2.79. The molecule has 6 nitrogen and oxygen atoms in total. The van der Waals surface area contributed by atoms with E-state index in [1.165, 1.54) is 4.90 Å². The summed E-state index contributed by atoms with van der Waals surface area (Å²) in [5.41, 5.74) is 1.76. The molecule has 2 N–H and O–H groups in total. The molecule has 1 aromatic carbocycles. The Morgan fingerprint density at radius 3 is 2.42 bits per heavy atom. The number of aldehydes is 1. The molecule has 0 aliphatic heterocycles. The molecular weight excluding hydrogens is 310 g/mol. The Labute approximate surface area is 142 Å². The Morgan fingerprint density at radius 2 is 1.92 bits per heavy atom. The standard InChI is InChI=1S/C11H12O4.C7H13NO/c12-7-8-3-1-2-4-9(8)10(13)5-6-11(14)15;1-4-5-7(2)8(3)6-9/h1-4,7,10,13H,5-6H2,(H,14,15);6H,2,4-5H2,1,3H3. The Bertz CT molecular complexity index is 556. The van der Waals surface area contributed by atoms with Gasteiger partial charge in [-0.25, -0.2) is 0 Å². The largest absolute Gasteiger partial charge is 0.481 e. The minimum absolute atomic E-state index is 0.111. The first-order valence-corrected chi connectivity index (χ1v) is 7.67. The third-order valence-corrected chi connectivity index (χ3v) is 3.31. The second-order valence-corrected chi connectivity index (χ2v) is 5.23. The van der Waals surface area contributed by atoms with Crippen LogP contribution < -0.4 is 0 Å². The molecule has 1 aromatic rings. The van der Waals surface area contributed by atoms with E-state index in [2.05, 4.69) is 13.5 Å². The van der Waals surface area contributed by atoms with Crippen LogP contribution in [0.15, 0.2) is 36.5 Å². The van der Waals surface area contributed by atoms with Crippen molar-refractivity contribution < 1.29 is 24.6 Å². The van der Waals surface area contributed by atoms with Gasteiger partial charge in [-0.15, -0.1) is 0 Å². The lowest BCUT2D eigenvalue weighted by molar-refractivity contribution is -0.137. The second kappa shape index (κ2) is 12.0. The highest BCUT2D eigenvalue weighted by molar-refractivity contribution is 5.77. The van der Waals surface area contributed by atoms with E-state index in [9.17, 15) is 19.5 Å². The van der Waals surface area contributed by atoms with Crippen LogP contribution in [-0.4, -0.2) is 40.8 Å². The fraction of sp³-hybridized carbons (Fsp3) is 0.389. The Kier molecular flexibility index (Phi) is 10.8. The van der Waals surface area contributed by atoms with E-state index in [-0.39, 0.29) is 12.8 Å². The number of carboxylic acids is 1. The number of hydrogen-bond acceptors (Lipinski definition) is 4. The molecule has 0 aliphatic carbocycles. The van der Waals surface area contributed by atoms with Crippen molar-refractivity contribution in [3.05, 3.63) is 47.7 Å². The summed E-state index contributed by atoms with van der Waals surface area (Å²) in [5.74, 6) is -0.961. The minimum atomic E-state index is -0.961. The lowest BCUT2D eigenvalue weighted by Gasteiger charge is -2.11. The summed E-state index contributed by atoms with van der Waals surface area (Å²) in [5, 5.41) is 18.1. The number of carbonyl (C=O) groups excluding carboxylic acids is 2. The summed E-state index contributed by atoms with van der Waals surface area (Å²) in [6.07, 6.45) is 2.46. The molecule has 6 heteroatoms. The highest BCUT2D eigenvalue weighted by atomic mass is 16.4. The molecule has 0 fully saturated rings. The molecule has 0 aliphatic rings. The fourth-order valence-corrected chi connectivity index (χ4v) is 1.88. The Morgan fingerprint density at radius 1 is 1.29 bits per heavy atom. The second-order valence-electron chi connectivity index (χ2n) is 5.23. The van der Waals surface area contributed by atoms with Crippen molar-refractivity contribution in [2.75, 3.05) is 7.05 Å². The van der Waals surface area contributed by atoms with Gasteiger partial charge in [-0.3, -0.25) is 14.4 Å². The highest BCUT2D eigenvalue weighted by Crippen LogP contribution is 2.20. The quantitative estimate of drug-likeness (QED) is 0.677. The van der Waals surface area contributed by atoms with Crippen LogP contribution in [0.4, 0.5) is 0 Å². The maximum Gasteiger partial charge on any atom is 0.303 e. The van der Waals surface area contributed by atoms with Crippen LogP contribution in [0.2, 0.25) is 0 Å². The number of aliphatic hydroxyl groups is 1. The molecule has 132 valence electrons. The van der Waals surface area contributed by atoms with Crippen molar-refractivity contribution in [1.82, 2.24) is 4.90 Å². The number of aliphatic carboxylic acids is 1. The first-order valence-electron chi connectivity index (χ1n) is 7.67. The summed E-state index contributed by atoms with van der Waals surface area (Å²) in [6, 6.07) is 6.60. The van der Waals surface area contributed by atoms with E-state index in [0.717, 1.165) is 24.9 Å². The molecule has 0 bridgehead atoms. The summed E-state index contributed by atoms with van der Waals surface area (Å²) in [6.45, 7) is 5.77. The van der Waals surface area contributed by atoms with Crippen LogP contribution in [-0.2, 0) is 9.59 Å². The number of carbonyl (C=O) groups is 3. The summed E-state index contributed by atoms with van der Waals surface area (Å²) in [7, 11) is 1.71. The topological polar surface area (TPSA) is 94.9 Å². The van der Waals surface area contributed by atoms with E-state index in [4.69, 9.17) is 5.11 Å². The molecule has 1 rings (SSSR count). The monoisotopic (exact) mass is 335 g/mol. The van der Waals surface area contributed by atoms with Gasteiger partial charge in [-0.1, -0.05) is 44.2 Å². The van der Waals surface area contributed by atoms with Crippen molar-refractivity contribution in [2.45, 2.75) is 38.7 Å². The summed E-state index contributed by atoms with van der Waals surface area (Å²) in [4.78, 5) is 32.5. The third-order valence-electron chi connectivity index (χ3n) is 3.31. The Hall–Kier alpha value is -2.47. The number of aliphatic hydroxyl groups excluding tert-OH is 1. The van der Waals surface area contributed by atoms with Crippen LogP contribution in [0.1, 0.15) is 54.6 Å². The van der Waals surface area contributed by atoms with Crippen molar-refractivity contribution in [3.8, 4) is 0 Å². The van der Waals surface area contributed by atoms with Gasteiger partial charge in [0.1, 0.15) is 6.29 Å². The third kappa shape index (κ3) is 8.24. The van der Waals surface area contributed by atoms with Gasteiger partial charge < -0.3 is 15.1 Å². The zero-order chi connectivity index (χ0) is 18.5. The van der Waals surface area contributed by atoms with E-state index in [0.29, 0.717) is 17.4 Å². The summed E-state index contributed by atoms with van der Waals surface area (Å²) < 4.78 is 0. The molecule has 0 aromatic heterocycles. The van der Waals surface area contributed by atoms with Crippen LogP contribution in [0.3, 0.4) is 0 Å². The van der Waals surface area contributed by atoms with Crippen molar-refractivity contribution >= 4 is 18.7 Å². The number of rotatable bonds is 9. The van der Waals surface area contributed by atoms with Gasteiger partial charge in [0.2, 0.25) is 6.41 Å². The van der Waals surface area contributed by atoms with Crippen LogP contribution in [0, 0.1) is 0 Å². The molecule has 1 unspecified atom stereocenters. The maximum atomic E-state index is 10.6. The minimum Gasteiger partial charge on any atom is -0.481 e. The SMILES string of the molecule is C=C(CCC)N(C)C=O.O=Cc1ccccc1C(O)CCC(=O)O. The number of carboxylic acid groups (broad SMARTS) is 1. The van der Waals surface area contributed by atoms with Gasteiger partial charge in [0.05, 0.1) is 6.10 Å². The molecule has 0 saturated heterocycles. The van der Waals surface area contributed by atoms with Crippen LogP contribution in [0.25, 0.3) is 0 Å². The van der Waals surface area contributed by atoms with E-state index < -0.39 is 12.1 Å². The first-order chi connectivity index (χ1) is 11.4. The number of allylic oxidation sites excluding steroid dienone is 1. The van der Waals surface area contributed by atoms with Crippen molar-refractivity contribution in [3.63, 3.8) is 0 Å². The van der Waals surface area contributed by atoms with Gasteiger partial charge in [0.15, 0.2) is 0 Å². The predicted molar refractivity (Wildman–Crippen MR) is 91.5 cm³/mol. The number of amides is 1. The lowest BCUT2D eigenvalue weighted by Crippen LogP contribution is -2.13. The highest BCUT2D eigenvalue weighted by Gasteiger charge is 2.12.